The van der Waals surface area contributed by atoms with Crippen LogP contribution in [0.4, 0.5) is 8.78 Å². The largest absolute Gasteiger partial charge is 0.356 e. The second kappa shape index (κ2) is 8.29. The van der Waals surface area contributed by atoms with Gasteiger partial charge in [-0.1, -0.05) is 12.5 Å². The molecule has 21 heavy (non-hydrogen) atoms. The Bertz CT molecular complexity index is 464. The molecule has 1 aliphatic rings. The molecule has 1 aliphatic carbocycles. The number of carbonyl (C=O) groups is 1. The summed E-state index contributed by atoms with van der Waals surface area (Å²) in [4.78, 5) is 11.9. The van der Waals surface area contributed by atoms with Gasteiger partial charge in [0.2, 0.25) is 5.91 Å². The van der Waals surface area contributed by atoms with E-state index in [4.69, 9.17) is 5.73 Å². The molecule has 3 nitrogen and oxygen atoms in total. The lowest BCUT2D eigenvalue weighted by Gasteiger charge is -2.25. The summed E-state index contributed by atoms with van der Waals surface area (Å²) in [5, 5.41) is 2.75. The molecule has 3 N–H and O–H groups in total. The Kier molecular flexibility index (Phi) is 7.05. The summed E-state index contributed by atoms with van der Waals surface area (Å²) in [6.07, 6.45) is 3.61. The third-order valence-electron chi connectivity index (χ3n) is 3.82. The van der Waals surface area contributed by atoms with Gasteiger partial charge in [-0.05, 0) is 37.8 Å². The Hall–Kier alpha value is -1.20. The van der Waals surface area contributed by atoms with Crippen LogP contribution in [0.15, 0.2) is 18.2 Å². The lowest BCUT2D eigenvalue weighted by Crippen LogP contribution is -2.38. The van der Waals surface area contributed by atoms with E-state index in [1.807, 2.05) is 0 Å². The summed E-state index contributed by atoms with van der Waals surface area (Å²) in [5.74, 6) is -1.26. The van der Waals surface area contributed by atoms with E-state index in [2.05, 4.69) is 5.32 Å². The molecule has 1 amide bonds. The average Bonchev–Trinajstić information content (AvgIpc) is 2.42. The molecule has 1 fully saturated rings. The van der Waals surface area contributed by atoms with E-state index in [0.717, 1.165) is 19.3 Å². The number of hydrogen-bond acceptors (Lipinski definition) is 2. The predicted molar refractivity (Wildman–Crippen MR) is 80.3 cm³/mol. The normalized spacial score (nSPS) is 21.5. The number of halogens is 3. The SMILES string of the molecule is Cl.NC1CCCC(C(=O)NCCc2c(F)cccc2F)C1. The smallest absolute Gasteiger partial charge is 0.223 e. The Morgan fingerprint density at radius 1 is 1.29 bits per heavy atom. The van der Waals surface area contributed by atoms with Gasteiger partial charge < -0.3 is 11.1 Å². The topological polar surface area (TPSA) is 55.1 Å². The molecular weight excluding hydrogens is 298 g/mol. The van der Waals surface area contributed by atoms with Crippen molar-refractivity contribution in [3.8, 4) is 0 Å². The molecule has 2 unspecified atom stereocenters. The van der Waals surface area contributed by atoms with Gasteiger partial charge in [0.05, 0.1) is 0 Å². The van der Waals surface area contributed by atoms with Gasteiger partial charge in [-0.15, -0.1) is 12.4 Å². The molecule has 0 heterocycles. The summed E-state index contributed by atoms with van der Waals surface area (Å²) in [6, 6.07) is 3.86. The summed E-state index contributed by atoms with van der Waals surface area (Å²) in [6.45, 7) is 0.239. The second-order valence-corrected chi connectivity index (χ2v) is 5.36. The maximum absolute atomic E-state index is 13.4. The standard InChI is InChI=1S/C15H20F2N2O.ClH/c16-13-5-2-6-14(17)12(13)7-8-19-15(20)10-3-1-4-11(18)9-10;/h2,5-6,10-11H,1,3-4,7-9,18H2,(H,19,20);1H. The van der Waals surface area contributed by atoms with Crippen LogP contribution >= 0.6 is 12.4 Å². The Balaban J connectivity index is 0.00000220. The van der Waals surface area contributed by atoms with Crippen molar-refractivity contribution < 1.29 is 13.6 Å². The van der Waals surface area contributed by atoms with E-state index in [-0.39, 0.29) is 48.8 Å². The zero-order valence-corrected chi connectivity index (χ0v) is 12.6. The molecule has 1 aromatic carbocycles. The van der Waals surface area contributed by atoms with Gasteiger partial charge >= 0.3 is 0 Å². The highest BCUT2D eigenvalue weighted by Crippen LogP contribution is 2.23. The van der Waals surface area contributed by atoms with Crippen molar-refractivity contribution in [2.45, 2.75) is 38.1 Å². The number of amides is 1. The summed E-state index contributed by atoms with van der Waals surface area (Å²) in [5.41, 5.74) is 5.86. The molecule has 6 heteroatoms. The molecule has 0 saturated heterocycles. The molecule has 1 saturated carbocycles. The predicted octanol–water partition coefficient (Wildman–Crippen LogP) is 2.56. The fraction of sp³-hybridized carbons (Fsp3) is 0.533. The highest BCUT2D eigenvalue weighted by atomic mass is 35.5. The molecule has 2 atom stereocenters. The first-order valence-electron chi connectivity index (χ1n) is 7.04. The maximum atomic E-state index is 13.4. The third-order valence-corrected chi connectivity index (χ3v) is 3.82. The van der Waals surface area contributed by atoms with Crippen molar-refractivity contribution in [2.24, 2.45) is 11.7 Å². The van der Waals surface area contributed by atoms with Gasteiger partial charge in [0.25, 0.3) is 0 Å². The van der Waals surface area contributed by atoms with Crippen LogP contribution in [0.5, 0.6) is 0 Å². The first-order valence-corrected chi connectivity index (χ1v) is 7.04. The molecule has 0 spiro atoms. The van der Waals surface area contributed by atoms with Crippen LogP contribution < -0.4 is 11.1 Å². The van der Waals surface area contributed by atoms with Crippen LogP contribution in [0.2, 0.25) is 0 Å². The van der Waals surface area contributed by atoms with E-state index in [1.165, 1.54) is 18.2 Å². The molecule has 0 radical (unpaired) electrons. The van der Waals surface area contributed by atoms with Crippen LogP contribution in [0.3, 0.4) is 0 Å². The number of benzene rings is 1. The van der Waals surface area contributed by atoms with E-state index in [9.17, 15) is 13.6 Å². The quantitative estimate of drug-likeness (QED) is 0.896. The molecule has 0 aromatic heterocycles. The summed E-state index contributed by atoms with van der Waals surface area (Å²) >= 11 is 0. The van der Waals surface area contributed by atoms with E-state index >= 15 is 0 Å². The number of nitrogens with one attached hydrogen (secondary N) is 1. The van der Waals surface area contributed by atoms with Crippen LogP contribution in [0.1, 0.15) is 31.2 Å². The van der Waals surface area contributed by atoms with Crippen LogP contribution in [-0.2, 0) is 11.2 Å². The highest BCUT2D eigenvalue weighted by Gasteiger charge is 2.25. The first-order chi connectivity index (χ1) is 9.58. The van der Waals surface area contributed by atoms with Crippen molar-refractivity contribution in [1.29, 1.82) is 0 Å². The zero-order chi connectivity index (χ0) is 14.5. The van der Waals surface area contributed by atoms with Gasteiger partial charge in [-0.25, -0.2) is 8.78 Å². The minimum absolute atomic E-state index is 0. The maximum Gasteiger partial charge on any atom is 0.223 e. The molecule has 118 valence electrons. The number of rotatable bonds is 4. The van der Waals surface area contributed by atoms with Crippen molar-refractivity contribution in [3.63, 3.8) is 0 Å². The summed E-state index contributed by atoms with van der Waals surface area (Å²) in [7, 11) is 0. The number of nitrogens with two attached hydrogens (primary N) is 1. The van der Waals surface area contributed by atoms with Crippen molar-refractivity contribution in [2.75, 3.05) is 6.54 Å². The van der Waals surface area contributed by atoms with Crippen molar-refractivity contribution in [3.05, 3.63) is 35.4 Å². The molecule has 0 aliphatic heterocycles. The second-order valence-electron chi connectivity index (χ2n) is 5.36. The van der Waals surface area contributed by atoms with Gasteiger partial charge in [0.1, 0.15) is 11.6 Å². The van der Waals surface area contributed by atoms with Crippen molar-refractivity contribution in [1.82, 2.24) is 5.32 Å². The highest BCUT2D eigenvalue weighted by molar-refractivity contribution is 5.85. The van der Waals surface area contributed by atoms with E-state index < -0.39 is 11.6 Å². The third kappa shape index (κ3) is 4.93. The molecule has 1 aromatic rings. The molecular formula is C15H21ClF2N2O. The Labute approximate surface area is 129 Å². The fourth-order valence-electron chi connectivity index (χ4n) is 2.69. The summed E-state index contributed by atoms with van der Waals surface area (Å²) < 4.78 is 26.8. The molecule has 0 bridgehead atoms. The van der Waals surface area contributed by atoms with Gasteiger partial charge in [0.15, 0.2) is 0 Å². The average molecular weight is 319 g/mol. The van der Waals surface area contributed by atoms with E-state index in [0.29, 0.717) is 6.42 Å². The van der Waals surface area contributed by atoms with Crippen LogP contribution in [-0.4, -0.2) is 18.5 Å². The fourth-order valence-corrected chi connectivity index (χ4v) is 2.69. The first kappa shape index (κ1) is 17.9. The van der Waals surface area contributed by atoms with Crippen LogP contribution in [0, 0.1) is 17.6 Å². The Morgan fingerprint density at radius 3 is 2.57 bits per heavy atom. The van der Waals surface area contributed by atoms with Crippen LogP contribution in [0.25, 0.3) is 0 Å². The van der Waals surface area contributed by atoms with Gasteiger partial charge in [0, 0.05) is 24.1 Å². The number of carbonyl (C=O) groups excluding carboxylic acids is 1. The lowest BCUT2D eigenvalue weighted by molar-refractivity contribution is -0.126. The number of hydrogen-bond donors (Lipinski definition) is 2. The lowest BCUT2D eigenvalue weighted by atomic mass is 9.85. The minimum Gasteiger partial charge on any atom is -0.356 e. The van der Waals surface area contributed by atoms with E-state index in [1.54, 1.807) is 0 Å². The van der Waals surface area contributed by atoms with Gasteiger partial charge in [-0.2, -0.15) is 0 Å². The molecule has 2 rings (SSSR count). The van der Waals surface area contributed by atoms with Gasteiger partial charge in [-0.3, -0.25) is 4.79 Å². The Morgan fingerprint density at radius 2 is 1.95 bits per heavy atom. The zero-order valence-electron chi connectivity index (χ0n) is 11.8. The monoisotopic (exact) mass is 318 g/mol. The van der Waals surface area contributed by atoms with Crippen molar-refractivity contribution >= 4 is 18.3 Å². The minimum atomic E-state index is -0.570.